The third-order valence-electron chi connectivity index (χ3n) is 18.4. The van der Waals surface area contributed by atoms with Crippen molar-refractivity contribution in [3.05, 3.63) is 279 Å². The zero-order chi connectivity index (χ0) is 61.0. The molecule has 0 aliphatic carbocycles. The van der Waals surface area contributed by atoms with Gasteiger partial charge in [-0.05, 0) is 250 Å². The van der Waals surface area contributed by atoms with Gasteiger partial charge >= 0.3 is 0 Å². The Hall–Kier alpha value is -10.3. The van der Waals surface area contributed by atoms with Crippen molar-refractivity contribution in [1.82, 2.24) is 14.1 Å². The average Bonchev–Trinajstić information content (AvgIpc) is 1.58. The third-order valence-corrected chi connectivity index (χ3v) is 18.4. The molecule has 4 nitrogen and oxygen atoms in total. The Balaban J connectivity index is 1.15. The normalized spacial score (nSPS) is 11.6. The van der Waals surface area contributed by atoms with Crippen LogP contribution < -0.4 is 0 Å². The van der Waals surface area contributed by atoms with E-state index in [1.54, 1.807) is 0 Å². The molecular formula is C84H70N4. The van der Waals surface area contributed by atoms with Crippen molar-refractivity contribution in [2.24, 2.45) is 0 Å². The van der Waals surface area contributed by atoms with Gasteiger partial charge in [-0.3, -0.25) is 0 Å². The zero-order valence-electron chi connectivity index (χ0n) is 52.4. The van der Waals surface area contributed by atoms with Crippen LogP contribution in [-0.2, 0) is 0 Å². The predicted octanol–water partition coefficient (Wildman–Crippen LogP) is 22.5. The number of benzene rings is 11. The second-order valence-corrected chi connectivity index (χ2v) is 25.1. The van der Waals surface area contributed by atoms with Crippen molar-refractivity contribution in [2.45, 2.75) is 83.1 Å². The molecule has 3 heterocycles. The van der Waals surface area contributed by atoms with E-state index in [0.29, 0.717) is 5.56 Å². The highest BCUT2D eigenvalue weighted by Gasteiger charge is 2.27. The maximum atomic E-state index is 11.6. The first-order valence-electron chi connectivity index (χ1n) is 30.7. The van der Waals surface area contributed by atoms with Crippen molar-refractivity contribution in [2.75, 3.05) is 0 Å². The molecule has 0 saturated carbocycles. The van der Waals surface area contributed by atoms with E-state index >= 15 is 0 Å². The molecule has 0 unspecified atom stereocenters. The molecule has 0 bridgehead atoms. The zero-order valence-corrected chi connectivity index (χ0v) is 52.4. The average molecular weight is 1140 g/mol. The van der Waals surface area contributed by atoms with Crippen molar-refractivity contribution in [1.29, 1.82) is 5.26 Å². The number of nitriles is 1. The quantitative estimate of drug-likeness (QED) is 0.145. The summed E-state index contributed by atoms with van der Waals surface area (Å²) in [6.45, 7) is 26.6. The fraction of sp³-hybridized carbons (Fsp3) is 0.143. The standard InChI is InChI=1S/C84H70N4/c1-48-31-52(5)80(53(6)32-48)63-23-27-74-68(41-63)69-42-64(81-54(7)33-49(2)34-55(81)8)24-28-75(69)87(74)78-39-60(47-85)40-79(84(78)67-45-72(61-19-15-13-16-20-61)86-73(46-67)62-21-17-14-18-22-62)88-76-29-25-65(82-56(9)35-50(3)36-57(82)10)43-70(76)71-44-66(26-30-77(71)88)83-58(11)37-51(4)38-59(83)12/h13-46H,1-12H3. The maximum absolute atomic E-state index is 11.6. The van der Waals surface area contributed by atoms with Crippen LogP contribution in [0.1, 0.15) is 72.3 Å². The molecular weight excluding hydrogens is 1060 g/mol. The van der Waals surface area contributed by atoms with Crippen LogP contribution in [0.25, 0.3) is 133 Å². The number of aryl methyl sites for hydroxylation is 12. The minimum Gasteiger partial charge on any atom is -0.308 e. The summed E-state index contributed by atoms with van der Waals surface area (Å²) in [4.78, 5) is 5.48. The summed E-state index contributed by atoms with van der Waals surface area (Å²) in [6, 6.07) is 79.1. The first-order chi connectivity index (χ1) is 42.5. The number of fused-ring (bicyclic) bond motifs is 6. The van der Waals surface area contributed by atoms with E-state index < -0.39 is 0 Å². The number of rotatable bonds is 9. The van der Waals surface area contributed by atoms with Gasteiger partial charge in [-0.2, -0.15) is 5.26 Å². The first kappa shape index (κ1) is 55.5. The van der Waals surface area contributed by atoms with Crippen LogP contribution in [0.2, 0.25) is 0 Å². The minimum atomic E-state index is 0.550. The molecule has 0 aliphatic heterocycles. The molecule has 11 aromatic carbocycles. The van der Waals surface area contributed by atoms with Gasteiger partial charge in [0.25, 0.3) is 0 Å². The third kappa shape index (κ3) is 9.41. The molecule has 0 radical (unpaired) electrons. The molecule has 0 spiro atoms. The fourth-order valence-corrected chi connectivity index (χ4v) is 15.2. The first-order valence-corrected chi connectivity index (χ1v) is 30.7. The van der Waals surface area contributed by atoms with E-state index in [9.17, 15) is 5.26 Å². The smallest absolute Gasteiger partial charge is 0.0993 e. The minimum absolute atomic E-state index is 0.550. The lowest BCUT2D eigenvalue weighted by Gasteiger charge is -2.22. The maximum Gasteiger partial charge on any atom is 0.0993 e. The molecule has 3 aromatic heterocycles. The second kappa shape index (κ2) is 21.6. The van der Waals surface area contributed by atoms with Crippen LogP contribution in [-0.4, -0.2) is 14.1 Å². The molecule has 0 aliphatic rings. The molecule has 426 valence electrons. The predicted molar refractivity (Wildman–Crippen MR) is 373 cm³/mol. The van der Waals surface area contributed by atoms with E-state index in [2.05, 4.69) is 305 Å². The van der Waals surface area contributed by atoms with Crippen molar-refractivity contribution in [3.8, 4) is 95.6 Å². The van der Waals surface area contributed by atoms with Crippen LogP contribution >= 0.6 is 0 Å². The molecule has 14 aromatic rings. The van der Waals surface area contributed by atoms with E-state index in [1.165, 1.54) is 111 Å². The number of aromatic nitrogens is 3. The Morgan fingerprint density at radius 2 is 0.545 bits per heavy atom. The Bertz CT molecular complexity index is 4630. The topological polar surface area (TPSA) is 46.5 Å². The van der Waals surface area contributed by atoms with Gasteiger partial charge in [0, 0.05) is 38.2 Å². The highest BCUT2D eigenvalue weighted by molar-refractivity contribution is 6.15. The van der Waals surface area contributed by atoms with Gasteiger partial charge in [0.1, 0.15) is 0 Å². The second-order valence-electron chi connectivity index (χ2n) is 25.1. The summed E-state index contributed by atoms with van der Waals surface area (Å²) >= 11 is 0. The van der Waals surface area contributed by atoms with E-state index in [-0.39, 0.29) is 0 Å². The molecule has 88 heavy (non-hydrogen) atoms. The van der Waals surface area contributed by atoms with E-state index in [4.69, 9.17) is 4.98 Å². The summed E-state index contributed by atoms with van der Waals surface area (Å²) in [5.41, 5.74) is 36.9. The van der Waals surface area contributed by atoms with E-state index in [1.807, 2.05) is 0 Å². The molecule has 0 atom stereocenters. The van der Waals surface area contributed by atoms with Crippen LogP contribution in [0, 0.1) is 94.4 Å². The highest BCUT2D eigenvalue weighted by Crippen LogP contribution is 2.48. The molecule has 14 rings (SSSR count). The lowest BCUT2D eigenvalue weighted by atomic mass is 9.91. The highest BCUT2D eigenvalue weighted by atomic mass is 15.0. The van der Waals surface area contributed by atoms with E-state index in [0.717, 1.165) is 88.6 Å². The van der Waals surface area contributed by atoms with Gasteiger partial charge < -0.3 is 9.13 Å². The summed E-state index contributed by atoms with van der Waals surface area (Å²) in [5, 5.41) is 16.2. The van der Waals surface area contributed by atoms with Gasteiger partial charge in [-0.1, -0.05) is 156 Å². The Labute approximate surface area is 517 Å². The number of pyridine rings is 1. The van der Waals surface area contributed by atoms with Gasteiger partial charge in [-0.25, -0.2) is 4.98 Å². The number of hydrogen-bond donors (Lipinski definition) is 0. The van der Waals surface area contributed by atoms with Gasteiger partial charge in [-0.15, -0.1) is 0 Å². The van der Waals surface area contributed by atoms with Crippen LogP contribution in [0.5, 0.6) is 0 Å². The monoisotopic (exact) mass is 1130 g/mol. The van der Waals surface area contributed by atoms with Crippen LogP contribution in [0.3, 0.4) is 0 Å². The van der Waals surface area contributed by atoms with Crippen molar-refractivity contribution < 1.29 is 0 Å². The largest absolute Gasteiger partial charge is 0.308 e. The SMILES string of the molecule is Cc1cc(C)c(-c2ccc3c(c2)c2cc(-c4c(C)cc(C)cc4C)ccc2n3-c2cc(C#N)cc(-n3c4ccc(-c5c(C)cc(C)cc5C)cc4c4cc(-c5c(C)cc(C)cc5C)ccc43)c2-c2cc(-c3ccccc3)nc(-c3ccccc3)c2)c(C)c1. The summed E-state index contributed by atoms with van der Waals surface area (Å²) < 4.78 is 4.89. The van der Waals surface area contributed by atoms with Crippen molar-refractivity contribution in [3.63, 3.8) is 0 Å². The molecule has 0 N–H and O–H groups in total. The van der Waals surface area contributed by atoms with Gasteiger partial charge in [0.05, 0.1) is 56.5 Å². The Kier molecular flexibility index (Phi) is 13.6. The fourth-order valence-electron chi connectivity index (χ4n) is 15.2. The molecule has 4 heteroatoms. The van der Waals surface area contributed by atoms with Gasteiger partial charge in [0.2, 0.25) is 0 Å². The van der Waals surface area contributed by atoms with Crippen molar-refractivity contribution >= 4 is 43.6 Å². The van der Waals surface area contributed by atoms with Crippen LogP contribution in [0.4, 0.5) is 0 Å². The summed E-state index contributed by atoms with van der Waals surface area (Å²) in [7, 11) is 0. The summed E-state index contributed by atoms with van der Waals surface area (Å²) in [6.07, 6.45) is 0. The lowest BCUT2D eigenvalue weighted by Crippen LogP contribution is -2.06. The molecule has 0 amide bonds. The number of hydrogen-bond acceptors (Lipinski definition) is 2. The van der Waals surface area contributed by atoms with Gasteiger partial charge in [0.15, 0.2) is 0 Å². The molecule has 0 fully saturated rings. The number of nitrogens with zero attached hydrogens (tertiary/aromatic N) is 4. The molecule has 0 saturated heterocycles. The Morgan fingerprint density at radius 1 is 0.273 bits per heavy atom. The Morgan fingerprint density at radius 3 is 0.807 bits per heavy atom. The lowest BCUT2D eigenvalue weighted by molar-refractivity contribution is 1.13. The summed E-state index contributed by atoms with van der Waals surface area (Å²) in [5.74, 6) is 0. The van der Waals surface area contributed by atoms with Crippen LogP contribution in [0.15, 0.2) is 206 Å².